The van der Waals surface area contributed by atoms with Crippen LogP contribution in [0.2, 0.25) is 0 Å². The molecule has 3 amide bonds. The minimum Gasteiger partial charge on any atom is -0.340 e. The number of likely N-dealkylation sites (N-methyl/N-ethyl adjacent to an activating group) is 2. The van der Waals surface area contributed by atoms with Crippen molar-refractivity contribution in [3.63, 3.8) is 0 Å². The molecule has 3 rings (SSSR count). The normalized spacial score (nSPS) is 28.8. The fourth-order valence-electron chi connectivity index (χ4n) is 3.35. The van der Waals surface area contributed by atoms with Gasteiger partial charge >= 0.3 is 6.03 Å². The number of unbranched alkanes of at least 4 members (excludes halogenated alkanes) is 1. The van der Waals surface area contributed by atoms with E-state index < -0.39 is 12.2 Å². The zero-order chi connectivity index (χ0) is 16.6. The first-order chi connectivity index (χ1) is 11.0. The second-order valence-electron chi connectivity index (χ2n) is 6.53. The van der Waals surface area contributed by atoms with Gasteiger partial charge in [-0.2, -0.15) is 0 Å². The number of nitrogens with one attached hydrogen (secondary N) is 1. The summed E-state index contributed by atoms with van der Waals surface area (Å²) in [7, 11) is 3.82. The molecule has 0 aliphatic carbocycles. The second-order valence-corrected chi connectivity index (χ2v) is 6.53. The lowest BCUT2D eigenvalue weighted by Gasteiger charge is -2.39. The number of hydrogen-bond acceptors (Lipinski definition) is 6. The SMILES string of the molecule is CCCCN1C(N2CCN(C)CC2)=NC2C1C(=O)NC(=O)N2C. The van der Waals surface area contributed by atoms with Crippen LogP contribution in [-0.4, -0.2) is 96.5 Å². The zero-order valence-corrected chi connectivity index (χ0v) is 14.2. The monoisotopic (exact) mass is 322 g/mol. The molecule has 3 heterocycles. The molecule has 0 saturated carbocycles. The summed E-state index contributed by atoms with van der Waals surface area (Å²) in [5.74, 6) is 0.639. The fraction of sp³-hybridized carbons (Fsp3) is 0.800. The number of nitrogens with zero attached hydrogens (tertiary/aromatic N) is 5. The number of amides is 3. The van der Waals surface area contributed by atoms with Gasteiger partial charge in [0.25, 0.3) is 5.91 Å². The molecule has 2 atom stereocenters. The number of rotatable bonds is 3. The summed E-state index contributed by atoms with van der Waals surface area (Å²) < 4.78 is 0. The van der Waals surface area contributed by atoms with Crippen molar-refractivity contribution in [2.24, 2.45) is 4.99 Å². The predicted octanol–water partition coefficient (Wildman–Crippen LogP) is -0.418. The van der Waals surface area contributed by atoms with Crippen molar-refractivity contribution in [2.75, 3.05) is 46.8 Å². The van der Waals surface area contributed by atoms with Gasteiger partial charge in [0.15, 0.2) is 18.2 Å². The Morgan fingerprint density at radius 3 is 2.52 bits per heavy atom. The van der Waals surface area contributed by atoms with Gasteiger partial charge in [-0.15, -0.1) is 0 Å². The zero-order valence-electron chi connectivity index (χ0n) is 14.2. The number of imide groups is 1. The molecule has 0 aromatic rings. The van der Waals surface area contributed by atoms with Gasteiger partial charge in [-0.05, 0) is 13.5 Å². The van der Waals surface area contributed by atoms with Crippen molar-refractivity contribution in [2.45, 2.75) is 32.0 Å². The van der Waals surface area contributed by atoms with Crippen molar-refractivity contribution in [3.8, 4) is 0 Å². The number of urea groups is 1. The summed E-state index contributed by atoms with van der Waals surface area (Å²) in [6, 6.07) is -0.769. The van der Waals surface area contributed by atoms with E-state index in [1.807, 2.05) is 0 Å². The molecule has 0 radical (unpaired) electrons. The number of piperazine rings is 1. The van der Waals surface area contributed by atoms with Gasteiger partial charge in [0, 0.05) is 39.8 Å². The van der Waals surface area contributed by atoms with Crippen LogP contribution in [0.1, 0.15) is 19.8 Å². The Labute approximate surface area is 137 Å². The van der Waals surface area contributed by atoms with Crippen LogP contribution < -0.4 is 5.32 Å². The van der Waals surface area contributed by atoms with E-state index in [1.165, 1.54) is 4.90 Å². The largest absolute Gasteiger partial charge is 0.340 e. The minimum atomic E-state index is -0.414. The number of guanidine groups is 1. The van der Waals surface area contributed by atoms with E-state index in [9.17, 15) is 9.59 Å². The molecule has 0 bridgehead atoms. The smallest absolute Gasteiger partial charge is 0.325 e. The Balaban J connectivity index is 1.85. The molecule has 1 N–H and O–H groups in total. The molecule has 2 fully saturated rings. The third kappa shape index (κ3) is 2.87. The molecule has 8 heteroatoms. The van der Waals surface area contributed by atoms with Crippen molar-refractivity contribution in [3.05, 3.63) is 0 Å². The summed E-state index contributed by atoms with van der Waals surface area (Å²) in [4.78, 5) is 37.2. The van der Waals surface area contributed by atoms with Crippen molar-refractivity contribution in [1.29, 1.82) is 0 Å². The Kier molecular flexibility index (Phi) is 4.43. The van der Waals surface area contributed by atoms with Gasteiger partial charge in [-0.1, -0.05) is 13.3 Å². The summed E-state index contributed by atoms with van der Waals surface area (Å²) in [6.45, 7) is 6.69. The first-order valence-corrected chi connectivity index (χ1v) is 8.38. The summed E-state index contributed by atoms with van der Waals surface area (Å²) in [5.41, 5.74) is 0. The highest BCUT2D eigenvalue weighted by Gasteiger charge is 2.49. The Hall–Kier alpha value is -1.83. The van der Waals surface area contributed by atoms with Crippen LogP contribution >= 0.6 is 0 Å². The summed E-state index contributed by atoms with van der Waals surface area (Å²) in [5, 5.41) is 2.44. The van der Waals surface area contributed by atoms with E-state index in [0.29, 0.717) is 0 Å². The highest BCUT2D eigenvalue weighted by molar-refractivity contribution is 6.03. The molecule has 2 unspecified atom stereocenters. The van der Waals surface area contributed by atoms with E-state index in [-0.39, 0.29) is 11.9 Å². The van der Waals surface area contributed by atoms with Gasteiger partial charge in [0.2, 0.25) is 0 Å². The standard InChI is InChI=1S/C15H26N6O2/c1-4-5-6-21-11-12(19(3)15(23)17-13(11)22)16-14(21)20-9-7-18(2)8-10-20/h11-12H,4-10H2,1-3H3,(H,17,22,23). The second kappa shape index (κ2) is 6.35. The Morgan fingerprint density at radius 2 is 1.87 bits per heavy atom. The molecule has 8 nitrogen and oxygen atoms in total. The number of aliphatic imine (C=N–C) groups is 1. The molecule has 3 aliphatic rings. The molecule has 3 aliphatic heterocycles. The van der Waals surface area contributed by atoms with Crippen LogP contribution in [0, 0.1) is 0 Å². The topological polar surface area (TPSA) is 71.5 Å². The average molecular weight is 322 g/mol. The van der Waals surface area contributed by atoms with Gasteiger partial charge in [0.1, 0.15) is 0 Å². The first kappa shape index (κ1) is 16.0. The maximum atomic E-state index is 12.4. The van der Waals surface area contributed by atoms with E-state index in [2.05, 4.69) is 34.0 Å². The molecule has 0 aromatic heterocycles. The third-order valence-corrected chi connectivity index (χ3v) is 4.88. The predicted molar refractivity (Wildman–Crippen MR) is 87.0 cm³/mol. The molecular formula is C15H26N6O2. The molecule has 0 spiro atoms. The first-order valence-electron chi connectivity index (χ1n) is 8.38. The molecule has 2 saturated heterocycles. The Morgan fingerprint density at radius 1 is 1.17 bits per heavy atom. The van der Waals surface area contributed by atoms with E-state index in [0.717, 1.165) is 51.5 Å². The highest BCUT2D eigenvalue weighted by Crippen LogP contribution is 2.26. The molecule has 23 heavy (non-hydrogen) atoms. The van der Waals surface area contributed by atoms with Gasteiger partial charge in [0.05, 0.1) is 0 Å². The van der Waals surface area contributed by atoms with Crippen LogP contribution in [0.25, 0.3) is 0 Å². The number of carbonyl (C=O) groups excluding carboxylic acids is 2. The summed E-state index contributed by atoms with van der Waals surface area (Å²) in [6.07, 6.45) is 1.64. The molecule has 0 aromatic carbocycles. The number of fused-ring (bicyclic) bond motifs is 1. The van der Waals surface area contributed by atoms with Crippen LogP contribution in [-0.2, 0) is 4.79 Å². The van der Waals surface area contributed by atoms with Gasteiger partial charge in [-0.25, -0.2) is 9.79 Å². The van der Waals surface area contributed by atoms with Crippen LogP contribution in [0.3, 0.4) is 0 Å². The van der Waals surface area contributed by atoms with Crippen molar-refractivity contribution in [1.82, 2.24) is 24.9 Å². The maximum Gasteiger partial charge on any atom is 0.325 e. The molecular weight excluding hydrogens is 296 g/mol. The lowest BCUT2D eigenvalue weighted by Crippen LogP contribution is -2.64. The fourth-order valence-corrected chi connectivity index (χ4v) is 3.35. The van der Waals surface area contributed by atoms with Gasteiger partial charge < -0.3 is 19.6 Å². The van der Waals surface area contributed by atoms with Crippen molar-refractivity contribution < 1.29 is 9.59 Å². The molecule has 128 valence electrons. The lowest BCUT2D eigenvalue weighted by atomic mass is 10.1. The van der Waals surface area contributed by atoms with E-state index >= 15 is 0 Å². The lowest BCUT2D eigenvalue weighted by molar-refractivity contribution is -0.127. The third-order valence-electron chi connectivity index (χ3n) is 4.88. The Bertz CT molecular complexity index is 514. The van der Waals surface area contributed by atoms with Crippen LogP contribution in [0.4, 0.5) is 4.79 Å². The average Bonchev–Trinajstić information content (AvgIpc) is 2.91. The number of hydrogen-bond donors (Lipinski definition) is 1. The quantitative estimate of drug-likeness (QED) is 0.764. The highest BCUT2D eigenvalue weighted by atomic mass is 16.2. The minimum absolute atomic E-state index is 0.234. The van der Waals surface area contributed by atoms with Crippen LogP contribution in [0.15, 0.2) is 4.99 Å². The van der Waals surface area contributed by atoms with E-state index in [1.54, 1.807) is 7.05 Å². The summed E-state index contributed by atoms with van der Waals surface area (Å²) >= 11 is 0. The van der Waals surface area contributed by atoms with Crippen LogP contribution in [0.5, 0.6) is 0 Å². The maximum absolute atomic E-state index is 12.4. The van der Waals surface area contributed by atoms with Gasteiger partial charge in [-0.3, -0.25) is 10.1 Å². The van der Waals surface area contributed by atoms with Crippen molar-refractivity contribution >= 4 is 17.9 Å². The number of carbonyl (C=O) groups is 2. The van der Waals surface area contributed by atoms with E-state index in [4.69, 9.17) is 4.99 Å².